The van der Waals surface area contributed by atoms with Gasteiger partial charge < -0.3 is 15.2 Å². The zero-order valence-electron chi connectivity index (χ0n) is 15.3. The molecule has 2 heterocycles. The molecule has 0 bridgehead atoms. The SMILES string of the molecule is CC(=O)Nc1cc2c(cc1[N+](=O)[O-])OC(C)(C)[C@@H](O)[C@@H]2N1CCCCC1. The van der Waals surface area contributed by atoms with E-state index in [0.29, 0.717) is 11.3 Å². The molecule has 1 aromatic carbocycles. The van der Waals surface area contributed by atoms with Crippen LogP contribution >= 0.6 is 0 Å². The molecule has 2 N–H and O–H groups in total. The van der Waals surface area contributed by atoms with Crippen LogP contribution in [0, 0.1) is 10.1 Å². The third-order valence-corrected chi connectivity index (χ3v) is 5.12. The summed E-state index contributed by atoms with van der Waals surface area (Å²) in [7, 11) is 0. The van der Waals surface area contributed by atoms with Gasteiger partial charge in [-0.25, -0.2) is 0 Å². The lowest BCUT2D eigenvalue weighted by molar-refractivity contribution is -0.384. The predicted octanol–water partition coefficient (Wildman–Crippen LogP) is 2.61. The van der Waals surface area contributed by atoms with Crippen molar-refractivity contribution in [2.24, 2.45) is 0 Å². The molecule has 0 aromatic heterocycles. The molecule has 2 aliphatic rings. The Kier molecular flexibility index (Phi) is 4.90. The number of rotatable bonds is 3. The number of fused-ring (bicyclic) bond motifs is 1. The maximum Gasteiger partial charge on any atom is 0.296 e. The Morgan fingerprint density at radius 1 is 1.35 bits per heavy atom. The van der Waals surface area contributed by atoms with E-state index in [0.717, 1.165) is 32.4 Å². The molecule has 8 nitrogen and oxygen atoms in total. The Bertz CT molecular complexity index is 728. The van der Waals surface area contributed by atoms with E-state index in [9.17, 15) is 20.0 Å². The number of nitro groups is 1. The average molecular weight is 363 g/mol. The lowest BCUT2D eigenvalue weighted by Crippen LogP contribution is -2.54. The van der Waals surface area contributed by atoms with Crippen molar-refractivity contribution >= 4 is 17.3 Å². The third-order valence-electron chi connectivity index (χ3n) is 5.12. The summed E-state index contributed by atoms with van der Waals surface area (Å²) in [5.41, 5.74) is -0.297. The predicted molar refractivity (Wildman–Crippen MR) is 96.3 cm³/mol. The van der Waals surface area contributed by atoms with Gasteiger partial charge in [0, 0.05) is 12.5 Å². The van der Waals surface area contributed by atoms with Crippen LogP contribution in [0.3, 0.4) is 0 Å². The summed E-state index contributed by atoms with van der Waals surface area (Å²) in [5.74, 6) is -0.00291. The van der Waals surface area contributed by atoms with E-state index in [1.165, 1.54) is 13.0 Å². The molecule has 0 saturated carbocycles. The molecule has 3 rings (SSSR count). The zero-order chi connectivity index (χ0) is 19.1. The fraction of sp³-hybridized carbons (Fsp3) is 0.611. The largest absolute Gasteiger partial charge is 0.484 e. The van der Waals surface area contributed by atoms with Crippen LogP contribution in [0.5, 0.6) is 5.75 Å². The number of nitrogens with one attached hydrogen (secondary N) is 1. The van der Waals surface area contributed by atoms with Gasteiger partial charge in [0.1, 0.15) is 23.1 Å². The summed E-state index contributed by atoms with van der Waals surface area (Å²) in [6, 6.07) is 2.60. The highest BCUT2D eigenvalue weighted by molar-refractivity contribution is 5.91. The number of likely N-dealkylation sites (tertiary alicyclic amines) is 1. The van der Waals surface area contributed by atoms with Crippen LogP contribution in [0.1, 0.15) is 51.6 Å². The minimum Gasteiger partial charge on any atom is -0.484 e. The van der Waals surface area contributed by atoms with E-state index in [-0.39, 0.29) is 23.3 Å². The number of aliphatic hydroxyl groups excluding tert-OH is 1. The van der Waals surface area contributed by atoms with Crippen LogP contribution in [0.4, 0.5) is 11.4 Å². The van der Waals surface area contributed by atoms with Gasteiger partial charge in [-0.05, 0) is 45.8 Å². The summed E-state index contributed by atoms with van der Waals surface area (Å²) in [6.07, 6.45) is 2.46. The standard InChI is InChI=1S/C18H25N3O5/c1-11(22)19-13-9-12-15(10-14(13)21(24)25)26-18(2,3)17(23)16(12)20-7-5-4-6-8-20/h9-10,16-17,23H,4-8H2,1-3H3,(H,19,22)/t16-,17+/m1/s1. The first kappa shape index (κ1) is 18.6. The number of nitro benzene ring substituents is 1. The van der Waals surface area contributed by atoms with E-state index in [4.69, 9.17) is 4.74 Å². The topological polar surface area (TPSA) is 105 Å². The molecular formula is C18H25N3O5. The highest BCUT2D eigenvalue weighted by atomic mass is 16.6. The van der Waals surface area contributed by atoms with Gasteiger partial charge in [0.2, 0.25) is 5.91 Å². The molecule has 1 fully saturated rings. The second-order valence-electron chi connectivity index (χ2n) is 7.54. The normalized spacial score (nSPS) is 25.1. The van der Waals surface area contributed by atoms with E-state index in [1.54, 1.807) is 19.9 Å². The second-order valence-corrected chi connectivity index (χ2v) is 7.54. The number of carbonyl (C=O) groups excluding carboxylic acids is 1. The van der Waals surface area contributed by atoms with Crippen molar-refractivity contribution in [3.63, 3.8) is 0 Å². The summed E-state index contributed by atoms with van der Waals surface area (Å²) in [5, 5.41) is 24.9. The third kappa shape index (κ3) is 3.39. The van der Waals surface area contributed by atoms with Crippen molar-refractivity contribution in [2.75, 3.05) is 18.4 Å². The van der Waals surface area contributed by atoms with Crippen molar-refractivity contribution in [1.29, 1.82) is 0 Å². The molecule has 2 atom stereocenters. The lowest BCUT2D eigenvalue weighted by atomic mass is 9.84. The first-order valence-corrected chi connectivity index (χ1v) is 8.92. The number of benzene rings is 1. The number of ether oxygens (including phenoxy) is 1. The number of aliphatic hydroxyl groups is 1. The minimum atomic E-state index is -0.876. The smallest absolute Gasteiger partial charge is 0.296 e. The monoisotopic (exact) mass is 363 g/mol. The van der Waals surface area contributed by atoms with E-state index >= 15 is 0 Å². The molecule has 26 heavy (non-hydrogen) atoms. The molecule has 1 saturated heterocycles. The van der Waals surface area contributed by atoms with Crippen LogP contribution in [-0.4, -0.2) is 45.6 Å². The minimum absolute atomic E-state index is 0.124. The van der Waals surface area contributed by atoms with Gasteiger partial charge in [-0.2, -0.15) is 0 Å². The molecule has 0 radical (unpaired) electrons. The van der Waals surface area contributed by atoms with Crippen LogP contribution in [0.25, 0.3) is 0 Å². The maximum atomic E-state index is 11.5. The number of anilines is 1. The number of carbonyl (C=O) groups is 1. The van der Waals surface area contributed by atoms with Crippen molar-refractivity contribution < 1.29 is 19.6 Å². The van der Waals surface area contributed by atoms with Crippen molar-refractivity contribution in [1.82, 2.24) is 4.90 Å². The molecule has 0 unspecified atom stereocenters. The van der Waals surface area contributed by atoms with E-state index in [2.05, 4.69) is 10.2 Å². The molecule has 1 amide bonds. The average Bonchev–Trinajstić information content (AvgIpc) is 2.56. The molecule has 1 aromatic rings. The Balaban J connectivity index is 2.13. The van der Waals surface area contributed by atoms with Gasteiger partial charge in [-0.15, -0.1) is 0 Å². The lowest BCUT2D eigenvalue weighted by Gasteiger charge is -2.47. The van der Waals surface area contributed by atoms with Gasteiger partial charge >= 0.3 is 0 Å². The molecule has 2 aliphatic heterocycles. The quantitative estimate of drug-likeness (QED) is 0.632. The van der Waals surface area contributed by atoms with E-state index in [1.807, 2.05) is 0 Å². The zero-order valence-corrected chi connectivity index (χ0v) is 15.3. The number of hydrogen-bond donors (Lipinski definition) is 2. The highest BCUT2D eigenvalue weighted by Crippen LogP contribution is 2.47. The van der Waals surface area contributed by atoms with Crippen LogP contribution in [0.2, 0.25) is 0 Å². The Labute approximate surface area is 152 Å². The van der Waals surface area contributed by atoms with Gasteiger partial charge in [0.05, 0.1) is 17.0 Å². The van der Waals surface area contributed by atoms with Crippen molar-refractivity contribution in [3.8, 4) is 5.75 Å². The molecular weight excluding hydrogens is 338 g/mol. The summed E-state index contributed by atoms with van der Waals surface area (Å²) in [4.78, 5) is 24.6. The Hall–Kier alpha value is -2.19. The first-order valence-electron chi connectivity index (χ1n) is 8.92. The number of amides is 1. The van der Waals surface area contributed by atoms with E-state index < -0.39 is 16.6 Å². The van der Waals surface area contributed by atoms with Gasteiger partial charge in [0.25, 0.3) is 5.69 Å². The first-order chi connectivity index (χ1) is 12.2. The summed E-state index contributed by atoms with van der Waals surface area (Å²) in [6.45, 7) is 6.57. The fourth-order valence-corrected chi connectivity index (χ4v) is 3.83. The van der Waals surface area contributed by atoms with Crippen LogP contribution in [0.15, 0.2) is 12.1 Å². The number of hydrogen-bond acceptors (Lipinski definition) is 6. The van der Waals surface area contributed by atoms with Crippen LogP contribution < -0.4 is 10.1 Å². The fourth-order valence-electron chi connectivity index (χ4n) is 3.83. The Morgan fingerprint density at radius 2 is 2.00 bits per heavy atom. The van der Waals surface area contributed by atoms with Crippen molar-refractivity contribution in [3.05, 3.63) is 27.8 Å². The van der Waals surface area contributed by atoms with Gasteiger partial charge in [0.15, 0.2) is 0 Å². The maximum absolute atomic E-state index is 11.5. The van der Waals surface area contributed by atoms with Crippen LogP contribution in [-0.2, 0) is 4.79 Å². The number of piperidine rings is 1. The van der Waals surface area contributed by atoms with Crippen molar-refractivity contribution in [2.45, 2.75) is 57.8 Å². The number of nitrogens with zero attached hydrogens (tertiary/aromatic N) is 2. The summed E-state index contributed by atoms with van der Waals surface area (Å²) < 4.78 is 5.91. The molecule has 8 heteroatoms. The Morgan fingerprint density at radius 3 is 2.58 bits per heavy atom. The second kappa shape index (κ2) is 6.85. The summed E-state index contributed by atoms with van der Waals surface area (Å²) >= 11 is 0. The van der Waals surface area contributed by atoms with Gasteiger partial charge in [-0.1, -0.05) is 6.42 Å². The highest BCUT2D eigenvalue weighted by Gasteiger charge is 2.46. The van der Waals surface area contributed by atoms with Gasteiger partial charge in [-0.3, -0.25) is 19.8 Å². The molecule has 0 spiro atoms. The molecule has 0 aliphatic carbocycles. The molecule has 142 valence electrons.